The summed E-state index contributed by atoms with van der Waals surface area (Å²) in [5, 5.41) is 13.3. The Morgan fingerprint density at radius 3 is 2.58 bits per heavy atom. The molecule has 0 aliphatic carbocycles. The number of nitro benzene ring substituents is 1. The Kier molecular flexibility index (Phi) is 6.14. The van der Waals surface area contributed by atoms with E-state index in [9.17, 15) is 14.9 Å². The van der Waals surface area contributed by atoms with Crippen molar-refractivity contribution in [3.05, 3.63) is 62.6 Å². The van der Waals surface area contributed by atoms with Gasteiger partial charge in [-0.25, -0.2) is 4.79 Å². The van der Waals surface area contributed by atoms with Crippen LogP contribution in [0.15, 0.2) is 46.9 Å². The third kappa shape index (κ3) is 5.24. The maximum atomic E-state index is 11.7. The number of nitrogens with zero attached hydrogens (tertiary/aromatic N) is 1. The number of nitro groups is 1. The average Bonchev–Trinajstić information content (AvgIpc) is 2.55. The first-order valence-corrected chi connectivity index (χ1v) is 7.82. The number of benzene rings is 2. The van der Waals surface area contributed by atoms with Crippen LogP contribution in [0.5, 0.6) is 5.75 Å². The molecule has 0 saturated heterocycles. The second-order valence-corrected chi connectivity index (χ2v) is 5.74. The first-order chi connectivity index (χ1) is 11.5. The summed E-state index contributed by atoms with van der Waals surface area (Å²) in [6, 6.07) is 11.7. The third-order valence-electron chi connectivity index (χ3n) is 3.05. The van der Waals surface area contributed by atoms with Gasteiger partial charge in [-0.2, -0.15) is 0 Å². The molecule has 8 heteroatoms. The molecule has 0 spiro atoms. The van der Waals surface area contributed by atoms with Gasteiger partial charge in [-0.3, -0.25) is 15.4 Å². The van der Waals surface area contributed by atoms with Gasteiger partial charge in [-0.1, -0.05) is 22.0 Å². The number of aryl methyl sites for hydroxylation is 1. The minimum atomic E-state index is -0.701. The second kappa shape index (κ2) is 8.30. The summed E-state index contributed by atoms with van der Waals surface area (Å²) in [7, 11) is 0. The van der Waals surface area contributed by atoms with E-state index < -0.39 is 11.0 Å². The number of anilines is 1. The molecule has 24 heavy (non-hydrogen) atoms. The monoisotopic (exact) mass is 394 g/mol. The normalized spacial score (nSPS) is 10.1. The Labute approximate surface area is 146 Å². The van der Waals surface area contributed by atoms with E-state index in [0.29, 0.717) is 17.0 Å². The quantitative estimate of drug-likeness (QED) is 0.448. The summed E-state index contributed by atoms with van der Waals surface area (Å²) in [5.74, 6) is 0.663. The molecule has 1 N–H and O–H groups in total. The van der Waals surface area contributed by atoms with Gasteiger partial charge in [0.15, 0.2) is 0 Å². The highest BCUT2D eigenvalue weighted by Crippen LogP contribution is 2.22. The van der Waals surface area contributed by atoms with Crippen LogP contribution in [0.25, 0.3) is 0 Å². The highest BCUT2D eigenvalue weighted by Gasteiger charge is 2.12. The van der Waals surface area contributed by atoms with Crippen LogP contribution in [-0.4, -0.2) is 24.2 Å². The lowest BCUT2D eigenvalue weighted by Gasteiger charge is -2.09. The van der Waals surface area contributed by atoms with E-state index in [1.54, 1.807) is 31.2 Å². The van der Waals surface area contributed by atoms with Crippen LogP contribution in [0.4, 0.5) is 16.2 Å². The molecule has 126 valence electrons. The van der Waals surface area contributed by atoms with Gasteiger partial charge < -0.3 is 9.47 Å². The van der Waals surface area contributed by atoms with Crippen molar-refractivity contribution in [1.29, 1.82) is 0 Å². The molecule has 0 aliphatic heterocycles. The molecule has 0 unspecified atom stereocenters. The van der Waals surface area contributed by atoms with Crippen LogP contribution in [0, 0.1) is 17.0 Å². The van der Waals surface area contributed by atoms with Crippen molar-refractivity contribution in [2.75, 3.05) is 18.5 Å². The smallest absolute Gasteiger partial charge is 0.411 e. The topological polar surface area (TPSA) is 90.7 Å². The highest BCUT2D eigenvalue weighted by molar-refractivity contribution is 9.10. The molecule has 0 radical (unpaired) electrons. The molecule has 0 atom stereocenters. The molecule has 0 fully saturated rings. The van der Waals surface area contributed by atoms with Gasteiger partial charge in [0.25, 0.3) is 5.69 Å². The van der Waals surface area contributed by atoms with E-state index in [1.165, 1.54) is 6.07 Å². The number of rotatable bonds is 6. The first-order valence-electron chi connectivity index (χ1n) is 7.03. The van der Waals surface area contributed by atoms with Crippen LogP contribution < -0.4 is 10.1 Å². The maximum absolute atomic E-state index is 11.7. The summed E-state index contributed by atoms with van der Waals surface area (Å²) in [5.41, 5.74) is 0.749. The fourth-order valence-corrected chi connectivity index (χ4v) is 2.13. The molecule has 2 rings (SSSR count). The average molecular weight is 395 g/mol. The summed E-state index contributed by atoms with van der Waals surface area (Å²) < 4.78 is 11.3. The molecule has 0 aromatic heterocycles. The van der Waals surface area contributed by atoms with E-state index in [0.717, 1.165) is 4.47 Å². The summed E-state index contributed by atoms with van der Waals surface area (Å²) in [4.78, 5) is 22.0. The van der Waals surface area contributed by atoms with Crippen molar-refractivity contribution in [2.24, 2.45) is 0 Å². The predicted molar refractivity (Wildman–Crippen MR) is 92.4 cm³/mol. The minimum Gasteiger partial charge on any atom is -0.490 e. The van der Waals surface area contributed by atoms with Crippen LogP contribution in [0.3, 0.4) is 0 Å². The Balaban J connectivity index is 1.78. The molecular weight excluding hydrogens is 380 g/mol. The first kappa shape index (κ1) is 17.7. The van der Waals surface area contributed by atoms with Crippen molar-refractivity contribution in [1.82, 2.24) is 0 Å². The number of carbonyl (C=O) groups excluding carboxylic acids is 1. The van der Waals surface area contributed by atoms with Gasteiger partial charge in [0.05, 0.1) is 10.6 Å². The maximum Gasteiger partial charge on any atom is 0.411 e. The van der Waals surface area contributed by atoms with Crippen molar-refractivity contribution in [2.45, 2.75) is 6.92 Å². The van der Waals surface area contributed by atoms with Crippen LogP contribution in [0.1, 0.15) is 5.56 Å². The molecule has 7 nitrogen and oxygen atoms in total. The molecule has 2 aromatic carbocycles. The standard InChI is InChI=1S/C16H15BrN2O5/c1-11-2-5-13(10-15(11)19(21)22)18-16(20)24-9-8-23-14-6-3-12(17)4-7-14/h2-7,10H,8-9H2,1H3,(H,18,20). The van der Waals surface area contributed by atoms with Gasteiger partial charge in [-0.15, -0.1) is 0 Å². The summed E-state index contributed by atoms with van der Waals surface area (Å²) >= 11 is 3.32. The number of carbonyl (C=O) groups is 1. The Morgan fingerprint density at radius 1 is 1.21 bits per heavy atom. The lowest BCUT2D eigenvalue weighted by Crippen LogP contribution is -2.17. The van der Waals surface area contributed by atoms with Gasteiger partial charge in [-0.05, 0) is 37.3 Å². The minimum absolute atomic E-state index is 0.0514. The SMILES string of the molecule is Cc1ccc(NC(=O)OCCOc2ccc(Br)cc2)cc1[N+](=O)[O-]. The van der Waals surface area contributed by atoms with Crippen LogP contribution >= 0.6 is 15.9 Å². The molecule has 0 aliphatic rings. The number of halogens is 1. The summed E-state index contributed by atoms with van der Waals surface area (Å²) in [6.07, 6.45) is -0.701. The zero-order valence-corrected chi connectivity index (χ0v) is 14.4. The lowest BCUT2D eigenvalue weighted by atomic mass is 10.2. The number of ether oxygens (including phenoxy) is 2. The molecule has 0 bridgehead atoms. The number of nitrogens with one attached hydrogen (secondary N) is 1. The zero-order valence-electron chi connectivity index (χ0n) is 12.8. The molecule has 1 amide bonds. The van der Waals surface area contributed by atoms with E-state index in [2.05, 4.69) is 21.2 Å². The van der Waals surface area contributed by atoms with Crippen LogP contribution in [0.2, 0.25) is 0 Å². The highest BCUT2D eigenvalue weighted by atomic mass is 79.9. The van der Waals surface area contributed by atoms with Gasteiger partial charge in [0.2, 0.25) is 0 Å². The van der Waals surface area contributed by atoms with E-state index in [4.69, 9.17) is 9.47 Å². The number of hydrogen-bond acceptors (Lipinski definition) is 5. The van der Waals surface area contributed by atoms with Crippen molar-refractivity contribution in [3.63, 3.8) is 0 Å². The fraction of sp³-hybridized carbons (Fsp3) is 0.188. The number of hydrogen-bond donors (Lipinski definition) is 1. The predicted octanol–water partition coefficient (Wildman–Crippen LogP) is 4.29. The number of amides is 1. The van der Waals surface area contributed by atoms with E-state index in [1.807, 2.05) is 12.1 Å². The fourth-order valence-electron chi connectivity index (χ4n) is 1.86. The molecule has 0 heterocycles. The van der Waals surface area contributed by atoms with Crippen LogP contribution in [-0.2, 0) is 4.74 Å². The largest absolute Gasteiger partial charge is 0.490 e. The van der Waals surface area contributed by atoms with Gasteiger partial charge in [0.1, 0.15) is 19.0 Å². The van der Waals surface area contributed by atoms with Gasteiger partial charge in [0, 0.05) is 16.1 Å². The van der Waals surface area contributed by atoms with E-state index >= 15 is 0 Å². The molecular formula is C16H15BrN2O5. The van der Waals surface area contributed by atoms with Crippen molar-refractivity contribution >= 4 is 33.4 Å². The Morgan fingerprint density at radius 2 is 1.92 bits per heavy atom. The lowest BCUT2D eigenvalue weighted by molar-refractivity contribution is -0.385. The zero-order chi connectivity index (χ0) is 17.5. The van der Waals surface area contributed by atoms with Crippen molar-refractivity contribution in [3.8, 4) is 5.75 Å². The Hall–Kier alpha value is -2.61. The van der Waals surface area contributed by atoms with Crippen molar-refractivity contribution < 1.29 is 19.2 Å². The summed E-state index contributed by atoms with van der Waals surface area (Å²) in [6.45, 7) is 1.87. The van der Waals surface area contributed by atoms with Gasteiger partial charge >= 0.3 is 6.09 Å². The second-order valence-electron chi connectivity index (χ2n) is 4.82. The molecule has 0 saturated carbocycles. The Bertz CT molecular complexity index is 734. The van der Waals surface area contributed by atoms with E-state index in [-0.39, 0.29) is 18.9 Å². The molecule has 2 aromatic rings. The third-order valence-corrected chi connectivity index (χ3v) is 3.58.